The van der Waals surface area contributed by atoms with Crippen molar-refractivity contribution in [2.24, 2.45) is 5.92 Å². The second-order valence-electron chi connectivity index (χ2n) is 6.98. The molecule has 0 aromatic carbocycles. The van der Waals surface area contributed by atoms with Crippen molar-refractivity contribution in [3.8, 4) is 0 Å². The second-order valence-corrected chi connectivity index (χ2v) is 6.98. The van der Waals surface area contributed by atoms with E-state index in [2.05, 4.69) is 21.8 Å². The van der Waals surface area contributed by atoms with Crippen molar-refractivity contribution in [2.45, 2.75) is 31.7 Å². The predicted molar refractivity (Wildman–Crippen MR) is 85.3 cm³/mol. The number of amides is 1. The molecule has 4 rings (SSSR count). The molecular weight excluding hydrogens is 292 g/mol. The van der Waals surface area contributed by atoms with Crippen LogP contribution in [-0.4, -0.2) is 71.1 Å². The summed E-state index contributed by atoms with van der Waals surface area (Å²) in [6.45, 7) is 7.38. The van der Waals surface area contributed by atoms with Crippen molar-refractivity contribution in [2.75, 3.05) is 39.4 Å². The normalized spacial score (nSPS) is 29.0. The molecule has 1 aromatic rings. The van der Waals surface area contributed by atoms with E-state index in [1.807, 2.05) is 4.90 Å². The summed E-state index contributed by atoms with van der Waals surface area (Å²) in [4.78, 5) is 26.1. The van der Waals surface area contributed by atoms with Gasteiger partial charge in [-0.1, -0.05) is 6.92 Å². The van der Waals surface area contributed by atoms with Crippen LogP contribution in [-0.2, 0) is 4.74 Å². The van der Waals surface area contributed by atoms with Crippen LogP contribution < -0.4 is 0 Å². The number of hydrogen-bond donors (Lipinski definition) is 0. The maximum atomic E-state index is 12.8. The average Bonchev–Trinajstić information content (AvgIpc) is 3.37. The van der Waals surface area contributed by atoms with Crippen molar-refractivity contribution >= 4 is 5.91 Å². The molecule has 2 atom stereocenters. The Kier molecular flexibility index (Phi) is 4.03. The Bertz CT molecular complexity index is 584. The van der Waals surface area contributed by atoms with Crippen LogP contribution in [0.15, 0.2) is 12.3 Å². The number of hydrogen-bond acceptors (Lipinski definition) is 5. The van der Waals surface area contributed by atoms with Crippen LogP contribution in [0.4, 0.5) is 0 Å². The van der Waals surface area contributed by atoms with E-state index in [-0.39, 0.29) is 5.91 Å². The third kappa shape index (κ3) is 3.10. The summed E-state index contributed by atoms with van der Waals surface area (Å²) in [6, 6.07) is 2.19. The molecule has 1 aliphatic carbocycles. The summed E-state index contributed by atoms with van der Waals surface area (Å²) < 4.78 is 5.44. The van der Waals surface area contributed by atoms with Crippen LogP contribution in [0.3, 0.4) is 0 Å². The number of aromatic nitrogens is 2. The number of likely N-dealkylation sites (tertiary alicyclic amines) is 1. The third-order valence-corrected chi connectivity index (χ3v) is 5.21. The lowest BCUT2D eigenvalue weighted by atomic mass is 10.0. The van der Waals surface area contributed by atoms with Gasteiger partial charge in [0, 0.05) is 44.3 Å². The molecule has 3 heterocycles. The van der Waals surface area contributed by atoms with E-state index in [0.717, 1.165) is 58.1 Å². The number of nitrogens with zero attached hydrogens (tertiary/aromatic N) is 4. The molecule has 0 spiro atoms. The van der Waals surface area contributed by atoms with Crippen molar-refractivity contribution in [3.63, 3.8) is 0 Å². The van der Waals surface area contributed by atoms with Crippen molar-refractivity contribution < 1.29 is 9.53 Å². The van der Waals surface area contributed by atoms with Crippen molar-refractivity contribution in [3.05, 3.63) is 23.8 Å². The van der Waals surface area contributed by atoms with Gasteiger partial charge < -0.3 is 9.64 Å². The molecule has 3 fully saturated rings. The Morgan fingerprint density at radius 2 is 2.04 bits per heavy atom. The first-order valence-corrected chi connectivity index (χ1v) is 8.66. The molecule has 0 unspecified atom stereocenters. The summed E-state index contributed by atoms with van der Waals surface area (Å²) in [5.74, 6) is 1.85. The van der Waals surface area contributed by atoms with Crippen LogP contribution in [0.1, 0.15) is 42.0 Å². The Morgan fingerprint density at radius 1 is 1.26 bits per heavy atom. The topological polar surface area (TPSA) is 58.6 Å². The smallest absolute Gasteiger partial charge is 0.272 e. The lowest BCUT2D eigenvalue weighted by Gasteiger charge is -2.33. The van der Waals surface area contributed by atoms with E-state index in [9.17, 15) is 4.79 Å². The fourth-order valence-corrected chi connectivity index (χ4v) is 3.69. The van der Waals surface area contributed by atoms with Gasteiger partial charge in [0.25, 0.3) is 5.91 Å². The minimum atomic E-state index is 0.0527. The Balaban J connectivity index is 1.45. The second kappa shape index (κ2) is 6.17. The largest absolute Gasteiger partial charge is 0.379 e. The molecule has 23 heavy (non-hydrogen) atoms. The monoisotopic (exact) mass is 316 g/mol. The van der Waals surface area contributed by atoms with E-state index in [0.29, 0.717) is 23.6 Å². The molecule has 1 amide bonds. The molecule has 6 heteroatoms. The SMILES string of the molecule is C[C@H]1CN(C(=O)c2ccnc(C3CC3)n2)C[C@@H]1N1CCOCC1. The summed E-state index contributed by atoms with van der Waals surface area (Å²) in [7, 11) is 0. The first-order chi connectivity index (χ1) is 11.2. The highest BCUT2D eigenvalue weighted by Crippen LogP contribution is 2.37. The standard InChI is InChI=1S/C17H24N4O2/c1-12-10-21(11-15(12)20-6-8-23-9-7-20)17(22)14-4-5-18-16(19-14)13-2-3-13/h4-5,12-13,15H,2-3,6-11H2,1H3/t12-,15-/m0/s1. The Labute approximate surface area is 136 Å². The highest BCUT2D eigenvalue weighted by Gasteiger charge is 2.37. The van der Waals surface area contributed by atoms with Gasteiger partial charge in [0.2, 0.25) is 0 Å². The lowest BCUT2D eigenvalue weighted by Crippen LogP contribution is -2.47. The highest BCUT2D eigenvalue weighted by molar-refractivity contribution is 5.92. The molecule has 2 aliphatic heterocycles. The van der Waals surface area contributed by atoms with Gasteiger partial charge in [-0.3, -0.25) is 9.69 Å². The summed E-state index contributed by atoms with van der Waals surface area (Å²) in [5, 5.41) is 0. The van der Waals surface area contributed by atoms with Crippen LogP contribution in [0, 0.1) is 5.92 Å². The molecule has 0 bridgehead atoms. The van der Waals surface area contributed by atoms with E-state index < -0.39 is 0 Å². The fourth-order valence-electron chi connectivity index (χ4n) is 3.69. The number of ether oxygens (including phenoxy) is 1. The molecule has 3 aliphatic rings. The van der Waals surface area contributed by atoms with Gasteiger partial charge in [-0.25, -0.2) is 9.97 Å². The number of carbonyl (C=O) groups is 1. The van der Waals surface area contributed by atoms with Gasteiger partial charge >= 0.3 is 0 Å². The molecule has 1 saturated carbocycles. The quantitative estimate of drug-likeness (QED) is 0.837. The van der Waals surface area contributed by atoms with Crippen LogP contribution >= 0.6 is 0 Å². The molecule has 0 N–H and O–H groups in total. The summed E-state index contributed by atoms with van der Waals surface area (Å²) >= 11 is 0. The first-order valence-electron chi connectivity index (χ1n) is 8.66. The van der Waals surface area contributed by atoms with Gasteiger partial charge in [0.05, 0.1) is 13.2 Å². The predicted octanol–water partition coefficient (Wildman–Crippen LogP) is 1.15. The molecule has 2 saturated heterocycles. The zero-order chi connectivity index (χ0) is 15.8. The minimum Gasteiger partial charge on any atom is -0.379 e. The fraction of sp³-hybridized carbons (Fsp3) is 0.706. The maximum Gasteiger partial charge on any atom is 0.272 e. The summed E-state index contributed by atoms with van der Waals surface area (Å²) in [5.41, 5.74) is 0.553. The molecule has 6 nitrogen and oxygen atoms in total. The summed E-state index contributed by atoms with van der Waals surface area (Å²) in [6.07, 6.45) is 4.03. The number of carbonyl (C=O) groups excluding carboxylic acids is 1. The van der Waals surface area contributed by atoms with Crippen molar-refractivity contribution in [1.82, 2.24) is 19.8 Å². The number of rotatable bonds is 3. The zero-order valence-electron chi connectivity index (χ0n) is 13.6. The molecule has 0 radical (unpaired) electrons. The van der Waals surface area contributed by atoms with Crippen LogP contribution in [0.25, 0.3) is 0 Å². The van der Waals surface area contributed by atoms with E-state index >= 15 is 0 Å². The number of morpholine rings is 1. The average molecular weight is 316 g/mol. The van der Waals surface area contributed by atoms with Gasteiger partial charge in [0.15, 0.2) is 0 Å². The third-order valence-electron chi connectivity index (χ3n) is 5.21. The van der Waals surface area contributed by atoms with Crippen LogP contribution in [0.2, 0.25) is 0 Å². The molecule has 124 valence electrons. The van der Waals surface area contributed by atoms with Crippen molar-refractivity contribution in [1.29, 1.82) is 0 Å². The van der Waals surface area contributed by atoms with Crippen LogP contribution in [0.5, 0.6) is 0 Å². The van der Waals surface area contributed by atoms with Gasteiger partial charge in [0.1, 0.15) is 11.5 Å². The lowest BCUT2D eigenvalue weighted by molar-refractivity contribution is 0.0119. The van der Waals surface area contributed by atoms with Gasteiger partial charge in [-0.2, -0.15) is 0 Å². The Hall–Kier alpha value is -1.53. The van der Waals surface area contributed by atoms with Gasteiger partial charge in [-0.15, -0.1) is 0 Å². The van der Waals surface area contributed by atoms with E-state index in [1.54, 1.807) is 12.3 Å². The molecular formula is C17H24N4O2. The van der Waals surface area contributed by atoms with Gasteiger partial charge in [-0.05, 0) is 24.8 Å². The van der Waals surface area contributed by atoms with E-state index in [4.69, 9.17) is 4.74 Å². The minimum absolute atomic E-state index is 0.0527. The highest BCUT2D eigenvalue weighted by atomic mass is 16.5. The maximum absolute atomic E-state index is 12.8. The Morgan fingerprint density at radius 3 is 2.78 bits per heavy atom. The first kappa shape index (κ1) is 15.0. The molecule has 1 aromatic heterocycles. The van der Waals surface area contributed by atoms with E-state index in [1.165, 1.54) is 0 Å². The zero-order valence-corrected chi connectivity index (χ0v) is 13.6.